The molecule has 1 aromatic carbocycles. The molecule has 1 atom stereocenters. The Morgan fingerprint density at radius 3 is 2.55 bits per heavy atom. The van der Waals surface area contributed by atoms with E-state index in [1.807, 2.05) is 14.1 Å². The fraction of sp³-hybridized carbons (Fsp3) is 0.588. The summed E-state index contributed by atoms with van der Waals surface area (Å²) < 4.78 is 0. The molecule has 3 heteroatoms. The Bertz CT molecular complexity index is 480. The minimum absolute atomic E-state index is 0.218. The van der Waals surface area contributed by atoms with Gasteiger partial charge in [-0.3, -0.25) is 4.79 Å². The van der Waals surface area contributed by atoms with Crippen molar-refractivity contribution in [3.05, 3.63) is 29.3 Å². The van der Waals surface area contributed by atoms with Crippen LogP contribution in [0.25, 0.3) is 0 Å². The molecule has 1 aromatic rings. The molecule has 1 unspecified atom stereocenters. The molecule has 20 heavy (non-hydrogen) atoms. The van der Waals surface area contributed by atoms with Crippen molar-refractivity contribution in [2.45, 2.75) is 45.6 Å². The Balaban J connectivity index is 2.33. The first-order valence-electron chi connectivity index (χ1n) is 7.69. The lowest BCUT2D eigenvalue weighted by atomic mass is 9.87. The fourth-order valence-electron chi connectivity index (χ4n) is 3.30. The van der Waals surface area contributed by atoms with E-state index in [1.54, 1.807) is 4.90 Å². The zero-order valence-electron chi connectivity index (χ0n) is 13.1. The smallest absolute Gasteiger partial charge is 0.227 e. The molecule has 0 aliphatic carbocycles. The van der Waals surface area contributed by atoms with E-state index in [1.165, 1.54) is 24.0 Å². The number of fused-ring (bicyclic) bond motifs is 1. The predicted octanol–water partition coefficient (Wildman–Crippen LogP) is 3.29. The summed E-state index contributed by atoms with van der Waals surface area (Å²) in [5.41, 5.74) is 3.72. The lowest BCUT2D eigenvalue weighted by molar-refractivity contribution is -0.118. The van der Waals surface area contributed by atoms with Crippen LogP contribution in [-0.4, -0.2) is 20.0 Å². The third-order valence-corrected chi connectivity index (χ3v) is 4.64. The summed E-state index contributed by atoms with van der Waals surface area (Å²) >= 11 is 0. The van der Waals surface area contributed by atoms with Crippen LogP contribution in [0.15, 0.2) is 18.2 Å². The SMILES string of the molecule is CCC(CC)C(NC)c1ccc2c(c1)CCC(=O)N2C. The molecule has 0 aromatic heterocycles. The molecule has 1 N–H and O–H groups in total. The molecular weight excluding hydrogens is 248 g/mol. The first kappa shape index (κ1) is 15.0. The van der Waals surface area contributed by atoms with Gasteiger partial charge in [0.1, 0.15) is 0 Å². The first-order valence-corrected chi connectivity index (χ1v) is 7.69. The second-order valence-electron chi connectivity index (χ2n) is 5.68. The molecule has 0 saturated heterocycles. The highest BCUT2D eigenvalue weighted by atomic mass is 16.2. The summed E-state index contributed by atoms with van der Waals surface area (Å²) in [5.74, 6) is 0.872. The van der Waals surface area contributed by atoms with Crippen molar-refractivity contribution >= 4 is 11.6 Å². The van der Waals surface area contributed by atoms with Gasteiger partial charge in [-0.05, 0) is 36.6 Å². The van der Waals surface area contributed by atoms with E-state index in [0.717, 1.165) is 12.1 Å². The van der Waals surface area contributed by atoms with Crippen molar-refractivity contribution < 1.29 is 4.79 Å². The van der Waals surface area contributed by atoms with Crippen LogP contribution >= 0.6 is 0 Å². The molecule has 0 spiro atoms. The number of nitrogens with zero attached hydrogens (tertiary/aromatic N) is 1. The van der Waals surface area contributed by atoms with Gasteiger partial charge in [0.2, 0.25) is 5.91 Å². The van der Waals surface area contributed by atoms with E-state index in [-0.39, 0.29) is 5.91 Å². The Labute approximate surface area is 122 Å². The van der Waals surface area contributed by atoms with Crippen LogP contribution in [0, 0.1) is 5.92 Å². The number of aryl methyl sites for hydroxylation is 1. The summed E-state index contributed by atoms with van der Waals surface area (Å²) in [5, 5.41) is 3.47. The van der Waals surface area contributed by atoms with E-state index < -0.39 is 0 Å². The quantitative estimate of drug-likeness (QED) is 0.893. The second kappa shape index (κ2) is 6.40. The highest BCUT2D eigenvalue weighted by Crippen LogP contribution is 2.33. The maximum atomic E-state index is 11.7. The number of rotatable bonds is 5. The van der Waals surface area contributed by atoms with Crippen LogP contribution in [0.1, 0.15) is 50.3 Å². The molecule has 1 aliphatic heterocycles. The minimum Gasteiger partial charge on any atom is -0.315 e. The van der Waals surface area contributed by atoms with E-state index >= 15 is 0 Å². The largest absolute Gasteiger partial charge is 0.315 e. The summed E-state index contributed by atoms with van der Waals surface area (Å²) in [4.78, 5) is 13.5. The fourth-order valence-corrected chi connectivity index (χ4v) is 3.30. The standard InChI is InChI=1S/C17H26N2O/c1-5-12(6-2)17(18-3)14-7-9-15-13(11-14)8-10-16(20)19(15)4/h7,9,11-12,17-18H,5-6,8,10H2,1-4H3. The zero-order valence-corrected chi connectivity index (χ0v) is 13.1. The molecule has 1 aliphatic rings. The normalized spacial score (nSPS) is 16.4. The number of carbonyl (C=O) groups is 1. The second-order valence-corrected chi connectivity index (χ2v) is 5.68. The van der Waals surface area contributed by atoms with Gasteiger partial charge in [-0.1, -0.05) is 38.8 Å². The molecule has 0 fully saturated rings. The molecule has 0 saturated carbocycles. The average molecular weight is 274 g/mol. The number of benzene rings is 1. The van der Waals surface area contributed by atoms with Gasteiger partial charge in [-0.25, -0.2) is 0 Å². The van der Waals surface area contributed by atoms with Crippen molar-refractivity contribution in [1.82, 2.24) is 5.32 Å². The van der Waals surface area contributed by atoms with Crippen LogP contribution in [0.5, 0.6) is 0 Å². The summed E-state index contributed by atoms with van der Waals surface area (Å²) in [6, 6.07) is 6.97. The number of anilines is 1. The van der Waals surface area contributed by atoms with Crippen molar-refractivity contribution in [3.8, 4) is 0 Å². The molecule has 2 rings (SSSR count). The van der Waals surface area contributed by atoms with Gasteiger partial charge in [-0.15, -0.1) is 0 Å². The Kier molecular flexibility index (Phi) is 4.81. The maximum absolute atomic E-state index is 11.7. The average Bonchev–Trinajstić information content (AvgIpc) is 2.48. The minimum atomic E-state index is 0.218. The van der Waals surface area contributed by atoms with Crippen LogP contribution in [0.3, 0.4) is 0 Å². The predicted molar refractivity (Wildman–Crippen MR) is 84.0 cm³/mol. The lowest BCUT2D eigenvalue weighted by Crippen LogP contribution is -2.31. The summed E-state index contributed by atoms with van der Waals surface area (Å²) in [6.07, 6.45) is 3.85. The Hall–Kier alpha value is -1.35. The van der Waals surface area contributed by atoms with Gasteiger partial charge >= 0.3 is 0 Å². The van der Waals surface area contributed by atoms with Crippen molar-refractivity contribution in [2.75, 3.05) is 19.0 Å². The molecule has 1 heterocycles. The van der Waals surface area contributed by atoms with E-state index in [0.29, 0.717) is 18.4 Å². The molecule has 0 bridgehead atoms. The monoisotopic (exact) mass is 274 g/mol. The van der Waals surface area contributed by atoms with E-state index in [4.69, 9.17) is 0 Å². The highest BCUT2D eigenvalue weighted by Gasteiger charge is 2.24. The van der Waals surface area contributed by atoms with Gasteiger partial charge in [0.05, 0.1) is 0 Å². The number of amides is 1. The number of nitrogens with one attached hydrogen (secondary N) is 1. The number of hydrogen-bond acceptors (Lipinski definition) is 2. The van der Waals surface area contributed by atoms with Gasteiger partial charge < -0.3 is 10.2 Å². The molecular formula is C17H26N2O. The number of carbonyl (C=O) groups excluding carboxylic acids is 1. The van der Waals surface area contributed by atoms with E-state index in [9.17, 15) is 4.79 Å². The molecule has 110 valence electrons. The van der Waals surface area contributed by atoms with Crippen LogP contribution in [-0.2, 0) is 11.2 Å². The van der Waals surface area contributed by atoms with Gasteiger partial charge in [0, 0.05) is 25.2 Å². The van der Waals surface area contributed by atoms with Crippen molar-refractivity contribution in [2.24, 2.45) is 5.92 Å². The highest BCUT2D eigenvalue weighted by molar-refractivity contribution is 5.95. The summed E-state index contributed by atoms with van der Waals surface area (Å²) in [6.45, 7) is 4.51. The van der Waals surface area contributed by atoms with Gasteiger partial charge in [0.25, 0.3) is 0 Å². The van der Waals surface area contributed by atoms with E-state index in [2.05, 4.69) is 37.4 Å². The van der Waals surface area contributed by atoms with Crippen LogP contribution in [0.4, 0.5) is 5.69 Å². The maximum Gasteiger partial charge on any atom is 0.227 e. The lowest BCUT2D eigenvalue weighted by Gasteiger charge is -2.29. The molecule has 0 radical (unpaired) electrons. The Morgan fingerprint density at radius 1 is 1.25 bits per heavy atom. The van der Waals surface area contributed by atoms with Crippen LogP contribution < -0.4 is 10.2 Å². The third-order valence-electron chi connectivity index (χ3n) is 4.64. The number of hydrogen-bond donors (Lipinski definition) is 1. The van der Waals surface area contributed by atoms with Gasteiger partial charge in [0.15, 0.2) is 0 Å². The third kappa shape index (κ3) is 2.73. The first-order chi connectivity index (χ1) is 9.62. The topological polar surface area (TPSA) is 32.3 Å². The van der Waals surface area contributed by atoms with Crippen molar-refractivity contribution in [1.29, 1.82) is 0 Å². The summed E-state index contributed by atoms with van der Waals surface area (Å²) in [7, 11) is 3.91. The van der Waals surface area contributed by atoms with Crippen LogP contribution in [0.2, 0.25) is 0 Å². The zero-order chi connectivity index (χ0) is 14.7. The van der Waals surface area contributed by atoms with Gasteiger partial charge in [-0.2, -0.15) is 0 Å². The molecule has 3 nitrogen and oxygen atoms in total. The Morgan fingerprint density at radius 2 is 1.95 bits per heavy atom. The van der Waals surface area contributed by atoms with Crippen molar-refractivity contribution in [3.63, 3.8) is 0 Å². The molecule has 1 amide bonds.